The second kappa shape index (κ2) is 15.2. The van der Waals surface area contributed by atoms with Crippen LogP contribution < -0.4 is 16.6 Å². The molecule has 2 aromatic rings. The molecular formula is C31H45ClFN3O9Si. The topological polar surface area (TPSA) is 136 Å². The number of aromatic nitrogens is 2. The van der Waals surface area contributed by atoms with Crippen LogP contribution in [0.25, 0.3) is 0 Å². The maximum absolute atomic E-state index is 14.8. The van der Waals surface area contributed by atoms with Crippen LogP contribution in [0.3, 0.4) is 0 Å². The van der Waals surface area contributed by atoms with E-state index in [0.29, 0.717) is 9.59 Å². The van der Waals surface area contributed by atoms with Crippen molar-refractivity contribution in [3.63, 3.8) is 0 Å². The first-order valence-electron chi connectivity index (χ1n) is 15.1. The van der Waals surface area contributed by atoms with Crippen LogP contribution in [0.2, 0.25) is 23.2 Å². The zero-order valence-corrected chi connectivity index (χ0v) is 29.4. The number of carbonyl (C=O) groups is 2. The van der Waals surface area contributed by atoms with Gasteiger partial charge in [0.25, 0.3) is 5.56 Å². The largest absolute Gasteiger partial charge is 0.444 e. The Hall–Kier alpha value is -3.04. The summed E-state index contributed by atoms with van der Waals surface area (Å²) >= 11 is 6.01. The monoisotopic (exact) mass is 685 g/mol. The molecule has 0 spiro atoms. The Bertz CT molecular complexity index is 1480. The van der Waals surface area contributed by atoms with Gasteiger partial charge in [-0.15, -0.1) is 0 Å². The highest BCUT2D eigenvalue weighted by Crippen LogP contribution is 2.38. The Kier molecular flexibility index (Phi) is 12.4. The fraction of sp³-hybridized carbons (Fsp3) is 0.613. The van der Waals surface area contributed by atoms with E-state index in [1.54, 1.807) is 32.9 Å². The van der Waals surface area contributed by atoms with E-state index in [-0.39, 0.29) is 37.6 Å². The van der Waals surface area contributed by atoms with Crippen molar-refractivity contribution in [1.82, 2.24) is 14.5 Å². The summed E-state index contributed by atoms with van der Waals surface area (Å²) in [6.07, 6.45) is -2.17. The molecule has 1 saturated heterocycles. The second-order valence-electron chi connectivity index (χ2n) is 13.6. The van der Waals surface area contributed by atoms with E-state index in [1.165, 1.54) is 0 Å². The lowest BCUT2D eigenvalue weighted by atomic mass is 10.1. The minimum absolute atomic E-state index is 0.0660. The van der Waals surface area contributed by atoms with E-state index in [1.807, 2.05) is 12.1 Å². The molecule has 2 heterocycles. The predicted octanol–water partition coefficient (Wildman–Crippen LogP) is 5.11. The maximum atomic E-state index is 14.8. The van der Waals surface area contributed by atoms with E-state index in [9.17, 15) is 23.6 Å². The van der Waals surface area contributed by atoms with E-state index in [0.717, 1.165) is 16.3 Å². The number of nitrogens with one attached hydrogen (secondary N) is 1. The van der Waals surface area contributed by atoms with Crippen LogP contribution in [0.5, 0.6) is 0 Å². The van der Waals surface area contributed by atoms with Crippen molar-refractivity contribution < 1.29 is 37.4 Å². The van der Waals surface area contributed by atoms with Crippen LogP contribution in [-0.4, -0.2) is 60.5 Å². The van der Waals surface area contributed by atoms with Gasteiger partial charge < -0.3 is 28.7 Å². The van der Waals surface area contributed by atoms with Crippen molar-refractivity contribution in [2.75, 3.05) is 13.2 Å². The molecule has 3 rings (SSSR count). The molecule has 1 N–H and O–H groups in total. The van der Waals surface area contributed by atoms with Gasteiger partial charge >= 0.3 is 17.8 Å². The number of benzene rings is 1. The van der Waals surface area contributed by atoms with Gasteiger partial charge in [0.2, 0.25) is 5.82 Å². The first kappa shape index (κ1) is 37.4. The van der Waals surface area contributed by atoms with Crippen molar-refractivity contribution in [3.05, 3.63) is 67.7 Å². The molecule has 256 valence electrons. The fourth-order valence-corrected chi connectivity index (χ4v) is 5.32. The Morgan fingerprint density at radius 2 is 1.76 bits per heavy atom. The molecule has 3 atom stereocenters. The summed E-state index contributed by atoms with van der Waals surface area (Å²) in [6.45, 7) is 15.1. The first-order valence-corrected chi connectivity index (χ1v) is 18.4. The quantitative estimate of drug-likeness (QED) is 0.239. The lowest BCUT2D eigenvalue weighted by Gasteiger charge is -2.37. The van der Waals surface area contributed by atoms with Crippen molar-refractivity contribution in [2.24, 2.45) is 0 Å². The molecule has 0 bridgehead atoms. The van der Waals surface area contributed by atoms with Gasteiger partial charge in [0.1, 0.15) is 17.9 Å². The highest BCUT2D eigenvalue weighted by molar-refractivity contribution is 6.74. The van der Waals surface area contributed by atoms with Crippen molar-refractivity contribution in [1.29, 1.82) is 0 Å². The summed E-state index contributed by atoms with van der Waals surface area (Å²) in [5.74, 6) is -2.06. The van der Waals surface area contributed by atoms with Crippen molar-refractivity contribution in [3.8, 4) is 0 Å². The van der Waals surface area contributed by atoms with Crippen LogP contribution in [0.15, 0.2) is 40.1 Å². The Morgan fingerprint density at radius 3 is 2.37 bits per heavy atom. The van der Waals surface area contributed by atoms with Crippen LogP contribution in [0, 0.1) is 5.82 Å². The summed E-state index contributed by atoms with van der Waals surface area (Å²) in [4.78, 5) is 50.0. The third-order valence-electron chi connectivity index (χ3n) is 7.79. The molecule has 15 heteroatoms. The summed E-state index contributed by atoms with van der Waals surface area (Å²) in [5, 5.41) is 2.93. The standard InChI is InChI=1S/C31H45ClFN3O9Si/c1-30(2,3)45-28(39)34-14-13-26(37)42-19-36-27(38)22(33)16-35(29(36)40)25-15-23(41-17-20-9-11-21(32)12-10-20)24(44-25)18-43-46(7,8)31(4,5)6/h9-12,16,23-25H,13-15,17-19H2,1-8H3,(H,34,39)/t23-,24+,25+/m0/s1. The molecule has 1 aliphatic rings. The van der Waals surface area contributed by atoms with Crippen LogP contribution >= 0.6 is 11.6 Å². The normalized spacial score (nSPS) is 18.8. The number of alkyl carbamates (subject to hydrolysis) is 1. The molecule has 1 aromatic heterocycles. The molecule has 0 aliphatic carbocycles. The summed E-state index contributed by atoms with van der Waals surface area (Å²) in [5.41, 5.74) is -2.03. The van der Waals surface area contributed by atoms with Gasteiger partial charge in [-0.2, -0.15) is 4.39 Å². The number of amides is 1. The smallest absolute Gasteiger partial charge is 0.407 e. The van der Waals surface area contributed by atoms with Crippen LogP contribution in [-0.2, 0) is 41.5 Å². The fourth-order valence-electron chi connectivity index (χ4n) is 4.18. The van der Waals surface area contributed by atoms with E-state index in [2.05, 4.69) is 39.2 Å². The van der Waals surface area contributed by atoms with Gasteiger partial charge in [0, 0.05) is 18.0 Å². The molecule has 1 aliphatic heterocycles. The molecule has 1 fully saturated rings. The van der Waals surface area contributed by atoms with E-state index >= 15 is 0 Å². The number of esters is 1. The highest BCUT2D eigenvalue weighted by Gasteiger charge is 2.42. The van der Waals surface area contributed by atoms with Crippen molar-refractivity contribution >= 4 is 32.0 Å². The van der Waals surface area contributed by atoms with Gasteiger partial charge in [0.05, 0.1) is 31.9 Å². The molecule has 0 unspecified atom stereocenters. The molecule has 0 saturated carbocycles. The second-order valence-corrected chi connectivity index (χ2v) is 18.9. The Labute approximate surface area is 274 Å². The molecule has 12 nitrogen and oxygen atoms in total. The van der Waals surface area contributed by atoms with Crippen LogP contribution in [0.1, 0.15) is 66.2 Å². The van der Waals surface area contributed by atoms with Crippen LogP contribution in [0.4, 0.5) is 9.18 Å². The number of halogens is 2. The molecule has 1 aromatic carbocycles. The molecule has 1 amide bonds. The minimum Gasteiger partial charge on any atom is -0.444 e. The van der Waals surface area contributed by atoms with E-state index in [4.69, 9.17) is 35.0 Å². The lowest BCUT2D eigenvalue weighted by molar-refractivity contribution is -0.147. The lowest BCUT2D eigenvalue weighted by Crippen LogP contribution is -2.44. The third-order valence-corrected chi connectivity index (χ3v) is 12.5. The van der Waals surface area contributed by atoms with E-state index < -0.39 is 68.2 Å². The van der Waals surface area contributed by atoms with Gasteiger partial charge in [-0.05, 0) is 56.6 Å². The third kappa shape index (κ3) is 10.5. The first-order chi connectivity index (χ1) is 21.3. The predicted molar refractivity (Wildman–Crippen MR) is 172 cm³/mol. The van der Waals surface area contributed by atoms with Gasteiger partial charge in [0.15, 0.2) is 15.0 Å². The number of carbonyl (C=O) groups excluding carboxylic acids is 2. The molecule has 0 radical (unpaired) electrons. The van der Waals surface area contributed by atoms with Gasteiger partial charge in [-0.3, -0.25) is 14.2 Å². The number of hydrogen-bond acceptors (Lipinski definition) is 9. The van der Waals surface area contributed by atoms with Gasteiger partial charge in [-0.1, -0.05) is 44.5 Å². The zero-order chi connectivity index (χ0) is 34.4. The molecule has 46 heavy (non-hydrogen) atoms. The average Bonchev–Trinajstić information content (AvgIpc) is 3.34. The minimum atomic E-state index is -2.18. The Balaban J connectivity index is 1.74. The SMILES string of the molecule is CC(C)(C)OC(=O)NCCC(=O)OCn1c(=O)c(F)cn([C@H]2C[C@H](OCc3ccc(Cl)cc3)[C@@H](CO[Si](C)(C)C(C)(C)C)O2)c1=O. The zero-order valence-electron chi connectivity index (χ0n) is 27.7. The molecular weight excluding hydrogens is 641 g/mol. The van der Waals surface area contributed by atoms with Gasteiger partial charge in [-0.25, -0.2) is 14.2 Å². The highest BCUT2D eigenvalue weighted by atomic mass is 35.5. The number of hydrogen-bond donors (Lipinski definition) is 1. The number of ether oxygens (including phenoxy) is 4. The van der Waals surface area contributed by atoms with Crippen molar-refractivity contribution in [2.45, 2.75) is 110 Å². The number of rotatable bonds is 12. The average molecular weight is 686 g/mol. The summed E-state index contributed by atoms with van der Waals surface area (Å²) in [6, 6.07) is 7.17. The summed E-state index contributed by atoms with van der Waals surface area (Å²) in [7, 11) is -2.18. The maximum Gasteiger partial charge on any atom is 0.407 e. The number of nitrogens with zero attached hydrogens (tertiary/aromatic N) is 2. The summed E-state index contributed by atoms with van der Waals surface area (Å²) < 4.78 is 45.2. The Morgan fingerprint density at radius 1 is 1.11 bits per heavy atom.